The molecule has 0 rings (SSSR count). The smallest absolute Gasteiger partial charge is 0.146 e. The number of carbonyl (C=O) groups excluding carboxylic acids is 1. The van der Waals surface area contributed by atoms with Crippen LogP contribution in [0.1, 0.15) is 81.1 Å². The van der Waals surface area contributed by atoms with Crippen LogP contribution in [0.5, 0.6) is 0 Å². The van der Waals surface area contributed by atoms with Crippen LogP contribution in [0.2, 0.25) is 0 Å². The highest BCUT2D eigenvalue weighted by Gasteiger charge is 2.08. The maximum Gasteiger partial charge on any atom is 0.146 e. The summed E-state index contributed by atoms with van der Waals surface area (Å²) >= 11 is 0. The topological polar surface area (TPSA) is 43.1 Å². The molecule has 2 nitrogen and oxygen atoms in total. The largest absolute Gasteiger partial charge is 0.321 e. The lowest BCUT2D eigenvalue weighted by atomic mass is 10.0. The Labute approximate surface area is 140 Å². The van der Waals surface area contributed by atoms with Crippen LogP contribution in [0.4, 0.5) is 0 Å². The zero-order valence-electron chi connectivity index (χ0n) is 16.4. The molecule has 0 amide bonds. The maximum atomic E-state index is 10.9. The van der Waals surface area contributed by atoms with Crippen LogP contribution in [0.25, 0.3) is 0 Å². The van der Waals surface area contributed by atoms with Gasteiger partial charge in [-0.15, -0.1) is 0 Å². The quantitative estimate of drug-likeness (QED) is 0.566. The highest BCUT2D eigenvalue weighted by atomic mass is 16.1. The van der Waals surface area contributed by atoms with Crippen molar-refractivity contribution in [1.29, 1.82) is 0 Å². The number of hydrogen-bond donors (Lipinski definition) is 1. The fraction of sp³-hybridized carbons (Fsp3) is 0.650. The highest BCUT2D eigenvalue weighted by Crippen LogP contribution is 2.06. The molecule has 0 bridgehead atoms. The molecule has 0 aromatic carbocycles. The third kappa shape index (κ3) is 27.2. The lowest BCUT2D eigenvalue weighted by Crippen LogP contribution is -2.28. The second-order valence-corrected chi connectivity index (χ2v) is 4.25. The number of ketones is 1. The van der Waals surface area contributed by atoms with Gasteiger partial charge in [0.15, 0.2) is 0 Å². The van der Waals surface area contributed by atoms with Gasteiger partial charge in [-0.3, -0.25) is 4.79 Å². The molecule has 0 radical (unpaired) electrons. The van der Waals surface area contributed by atoms with E-state index in [4.69, 9.17) is 5.73 Å². The van der Waals surface area contributed by atoms with Gasteiger partial charge >= 0.3 is 0 Å². The lowest BCUT2D eigenvalue weighted by molar-refractivity contribution is -0.118. The van der Waals surface area contributed by atoms with Gasteiger partial charge < -0.3 is 5.73 Å². The summed E-state index contributed by atoms with van der Waals surface area (Å²) in [6.07, 6.45) is 12.1. The molecule has 1 atom stereocenters. The molecule has 0 heterocycles. The first-order chi connectivity index (χ1) is 10.5. The third-order valence-electron chi connectivity index (χ3n) is 2.45. The molecule has 0 saturated heterocycles. The average Bonchev–Trinajstić information content (AvgIpc) is 2.56. The molecule has 2 N–H and O–H groups in total. The SMILES string of the molecule is C=C/C(=C\C=C/C)CC(N)C(C)=O.CC.CC.CCCCC. The van der Waals surface area contributed by atoms with Gasteiger partial charge in [-0.05, 0) is 25.8 Å². The van der Waals surface area contributed by atoms with E-state index in [9.17, 15) is 4.79 Å². The van der Waals surface area contributed by atoms with Crippen molar-refractivity contribution >= 4 is 5.78 Å². The summed E-state index contributed by atoms with van der Waals surface area (Å²) in [5.41, 5.74) is 6.59. The molecular weight excluding hydrogens is 270 g/mol. The molecule has 2 heteroatoms. The summed E-state index contributed by atoms with van der Waals surface area (Å²) in [7, 11) is 0. The van der Waals surface area contributed by atoms with Crippen molar-refractivity contribution in [2.24, 2.45) is 5.73 Å². The number of Topliss-reactive ketones (excluding diaryl/α,β-unsaturated/α-hetero) is 1. The van der Waals surface area contributed by atoms with E-state index in [1.807, 2.05) is 52.8 Å². The molecule has 1 unspecified atom stereocenters. The van der Waals surface area contributed by atoms with E-state index in [0.717, 1.165) is 5.57 Å². The predicted octanol–water partition coefficient (Wildman–Crippen LogP) is 6.23. The summed E-state index contributed by atoms with van der Waals surface area (Å²) < 4.78 is 0. The molecule has 132 valence electrons. The van der Waals surface area contributed by atoms with E-state index in [2.05, 4.69) is 20.4 Å². The molecule has 22 heavy (non-hydrogen) atoms. The van der Waals surface area contributed by atoms with Gasteiger partial charge in [0.25, 0.3) is 0 Å². The van der Waals surface area contributed by atoms with Crippen molar-refractivity contribution in [1.82, 2.24) is 0 Å². The van der Waals surface area contributed by atoms with Gasteiger partial charge in [-0.2, -0.15) is 0 Å². The Hall–Kier alpha value is -1.15. The number of allylic oxidation sites excluding steroid dienone is 4. The second-order valence-electron chi connectivity index (χ2n) is 4.25. The highest BCUT2D eigenvalue weighted by molar-refractivity contribution is 5.81. The van der Waals surface area contributed by atoms with Crippen molar-refractivity contribution in [3.05, 3.63) is 36.5 Å². The average molecular weight is 312 g/mol. The fourth-order valence-corrected chi connectivity index (χ4v) is 1.19. The minimum Gasteiger partial charge on any atom is -0.321 e. The molecule has 0 saturated carbocycles. The summed E-state index contributed by atoms with van der Waals surface area (Å²) in [4.78, 5) is 10.9. The number of carbonyl (C=O) groups is 1. The van der Waals surface area contributed by atoms with Gasteiger partial charge in [0, 0.05) is 0 Å². The lowest BCUT2D eigenvalue weighted by Gasteiger charge is -2.07. The Balaban J connectivity index is -0.000000150. The Morgan fingerprint density at radius 1 is 1.14 bits per heavy atom. The molecule has 0 aromatic heterocycles. The Bertz CT molecular complexity index is 275. The van der Waals surface area contributed by atoms with E-state index in [1.165, 1.54) is 26.2 Å². The van der Waals surface area contributed by atoms with Crippen LogP contribution in [-0.4, -0.2) is 11.8 Å². The molecule has 0 aliphatic carbocycles. The van der Waals surface area contributed by atoms with E-state index >= 15 is 0 Å². The van der Waals surface area contributed by atoms with Gasteiger partial charge in [0.2, 0.25) is 0 Å². The number of nitrogens with two attached hydrogens (primary N) is 1. The zero-order chi connectivity index (χ0) is 18.4. The molecule has 0 spiro atoms. The van der Waals surface area contributed by atoms with Crippen LogP contribution in [-0.2, 0) is 4.79 Å². The molecule has 0 aliphatic rings. The zero-order valence-corrected chi connectivity index (χ0v) is 16.4. The van der Waals surface area contributed by atoms with E-state index in [-0.39, 0.29) is 5.78 Å². The van der Waals surface area contributed by atoms with Gasteiger partial charge in [0.1, 0.15) is 5.78 Å². The van der Waals surface area contributed by atoms with Crippen LogP contribution >= 0.6 is 0 Å². The first kappa shape index (κ1) is 28.9. The van der Waals surface area contributed by atoms with Gasteiger partial charge in [-0.1, -0.05) is 91.7 Å². The normalized spacial score (nSPS) is 11.0. The maximum absolute atomic E-state index is 10.9. The minimum absolute atomic E-state index is 0.00762. The first-order valence-electron chi connectivity index (χ1n) is 8.73. The minimum atomic E-state index is -0.408. The van der Waals surface area contributed by atoms with E-state index in [1.54, 1.807) is 6.08 Å². The molecule has 0 aromatic rings. The van der Waals surface area contributed by atoms with Gasteiger partial charge in [-0.25, -0.2) is 0 Å². The van der Waals surface area contributed by atoms with Crippen LogP contribution in [0.15, 0.2) is 36.5 Å². The van der Waals surface area contributed by atoms with Gasteiger partial charge in [0.05, 0.1) is 6.04 Å². The van der Waals surface area contributed by atoms with Crippen molar-refractivity contribution in [2.45, 2.75) is 87.1 Å². The van der Waals surface area contributed by atoms with E-state index < -0.39 is 6.04 Å². The van der Waals surface area contributed by atoms with E-state index in [0.29, 0.717) is 6.42 Å². The third-order valence-corrected chi connectivity index (χ3v) is 2.45. The molecular formula is C20H41NO. The summed E-state index contributed by atoms with van der Waals surface area (Å²) in [6, 6.07) is -0.408. The summed E-state index contributed by atoms with van der Waals surface area (Å²) in [5.74, 6) is 0.00762. The van der Waals surface area contributed by atoms with Crippen molar-refractivity contribution < 1.29 is 4.79 Å². The van der Waals surface area contributed by atoms with Crippen LogP contribution < -0.4 is 5.73 Å². The number of rotatable bonds is 7. The van der Waals surface area contributed by atoms with Crippen molar-refractivity contribution in [3.8, 4) is 0 Å². The van der Waals surface area contributed by atoms with Crippen molar-refractivity contribution in [2.75, 3.05) is 0 Å². The molecule has 0 fully saturated rings. The number of unbranched alkanes of at least 4 members (excludes halogenated alkanes) is 2. The Morgan fingerprint density at radius 2 is 1.59 bits per heavy atom. The predicted molar refractivity (Wildman–Crippen MR) is 104 cm³/mol. The fourth-order valence-electron chi connectivity index (χ4n) is 1.19. The summed E-state index contributed by atoms with van der Waals surface area (Å²) in [6.45, 7) is 19.5. The first-order valence-corrected chi connectivity index (χ1v) is 8.73. The van der Waals surface area contributed by atoms with Crippen LogP contribution in [0.3, 0.4) is 0 Å². The van der Waals surface area contributed by atoms with Crippen molar-refractivity contribution in [3.63, 3.8) is 0 Å². The summed E-state index contributed by atoms with van der Waals surface area (Å²) in [5, 5.41) is 0. The van der Waals surface area contributed by atoms with Crippen LogP contribution in [0, 0.1) is 0 Å². The monoisotopic (exact) mass is 311 g/mol. The molecule has 0 aliphatic heterocycles. The second kappa shape index (κ2) is 28.1. The Kier molecular flexibility index (Phi) is 36.9. The Morgan fingerprint density at radius 3 is 1.82 bits per heavy atom. The standard InChI is InChI=1S/C11H17NO.C5H12.2C2H6/c1-4-6-7-10(5-2)8-11(12)9(3)13;1-3-5-4-2;2*1-2/h4-7,11H,2,8,12H2,1,3H3;3-5H2,1-2H3;2*1-2H3/b6-4-,10-7+;;;. The number of hydrogen-bond acceptors (Lipinski definition) is 2.